The molecule has 0 N–H and O–H groups in total. The number of thioether (sulfide) groups is 1. The molecule has 1 aromatic heterocycles. The van der Waals surface area contributed by atoms with Crippen molar-refractivity contribution in [2.75, 3.05) is 19.5 Å². The molecule has 0 aliphatic heterocycles. The zero-order valence-electron chi connectivity index (χ0n) is 9.03. The summed E-state index contributed by atoms with van der Waals surface area (Å²) in [4.78, 5) is 15.2. The standard InChI is InChI=1S/C11H15NO2S/c1-9(13)10-4-5-11(12-8-10)15-7-3-6-14-2/h4-5,8H,3,6-7H2,1-2H3. The Kier molecular flexibility index (Phi) is 5.36. The number of ketones is 1. The third-order valence-corrected chi connectivity index (χ3v) is 2.92. The van der Waals surface area contributed by atoms with E-state index in [9.17, 15) is 4.79 Å². The summed E-state index contributed by atoms with van der Waals surface area (Å²) < 4.78 is 4.95. The maximum absolute atomic E-state index is 11.0. The van der Waals surface area contributed by atoms with Crippen molar-refractivity contribution in [3.05, 3.63) is 23.9 Å². The summed E-state index contributed by atoms with van der Waals surface area (Å²) in [5, 5.41) is 0.955. The van der Waals surface area contributed by atoms with Crippen LogP contribution in [0, 0.1) is 0 Å². The lowest BCUT2D eigenvalue weighted by Gasteiger charge is -2.01. The molecule has 0 saturated carbocycles. The van der Waals surface area contributed by atoms with Gasteiger partial charge in [0.05, 0.1) is 5.03 Å². The van der Waals surface area contributed by atoms with E-state index in [1.54, 1.807) is 32.0 Å². The normalized spacial score (nSPS) is 10.3. The van der Waals surface area contributed by atoms with Gasteiger partial charge in [0.25, 0.3) is 0 Å². The molecule has 0 bridgehead atoms. The second-order valence-corrected chi connectivity index (χ2v) is 4.25. The molecule has 0 saturated heterocycles. The van der Waals surface area contributed by atoms with Crippen molar-refractivity contribution in [2.24, 2.45) is 0 Å². The van der Waals surface area contributed by atoms with Crippen LogP contribution in [0.1, 0.15) is 23.7 Å². The van der Waals surface area contributed by atoms with E-state index in [-0.39, 0.29) is 5.78 Å². The first-order valence-corrected chi connectivity index (χ1v) is 5.81. The molecule has 1 rings (SSSR count). The highest BCUT2D eigenvalue weighted by Gasteiger charge is 2.00. The lowest BCUT2D eigenvalue weighted by molar-refractivity contribution is 0.101. The van der Waals surface area contributed by atoms with Crippen LogP contribution in [0.15, 0.2) is 23.4 Å². The fourth-order valence-corrected chi connectivity index (χ4v) is 1.82. The minimum absolute atomic E-state index is 0.0541. The third-order valence-electron chi connectivity index (χ3n) is 1.89. The zero-order valence-corrected chi connectivity index (χ0v) is 9.84. The summed E-state index contributed by atoms with van der Waals surface area (Å²) in [6.45, 7) is 2.32. The van der Waals surface area contributed by atoms with Gasteiger partial charge in [0.2, 0.25) is 0 Å². The number of Topliss-reactive ketones (excluding diaryl/α,β-unsaturated/α-hetero) is 1. The Morgan fingerprint density at radius 1 is 1.53 bits per heavy atom. The van der Waals surface area contributed by atoms with Gasteiger partial charge in [-0.15, -0.1) is 11.8 Å². The van der Waals surface area contributed by atoms with Crippen LogP contribution in [-0.2, 0) is 4.74 Å². The minimum Gasteiger partial charge on any atom is -0.385 e. The first-order valence-electron chi connectivity index (χ1n) is 4.83. The van der Waals surface area contributed by atoms with Crippen LogP contribution in [-0.4, -0.2) is 30.2 Å². The summed E-state index contributed by atoms with van der Waals surface area (Å²) in [6.07, 6.45) is 2.64. The van der Waals surface area contributed by atoms with Crippen LogP contribution >= 0.6 is 11.8 Å². The van der Waals surface area contributed by atoms with Gasteiger partial charge in [-0.05, 0) is 25.5 Å². The molecule has 1 heterocycles. The smallest absolute Gasteiger partial charge is 0.161 e. The number of rotatable bonds is 6. The van der Waals surface area contributed by atoms with Crippen molar-refractivity contribution in [3.63, 3.8) is 0 Å². The molecule has 0 spiro atoms. The van der Waals surface area contributed by atoms with Gasteiger partial charge in [0, 0.05) is 31.2 Å². The molecule has 15 heavy (non-hydrogen) atoms. The lowest BCUT2D eigenvalue weighted by atomic mass is 10.2. The SMILES string of the molecule is COCCCSc1ccc(C(C)=O)cn1. The molecule has 4 heteroatoms. The Balaban J connectivity index is 2.39. The van der Waals surface area contributed by atoms with Crippen molar-refractivity contribution >= 4 is 17.5 Å². The third kappa shape index (κ3) is 4.44. The fraction of sp³-hybridized carbons (Fsp3) is 0.455. The van der Waals surface area contributed by atoms with Crippen molar-refractivity contribution < 1.29 is 9.53 Å². The van der Waals surface area contributed by atoms with Gasteiger partial charge in [-0.1, -0.05) is 0 Å². The number of carbonyl (C=O) groups is 1. The topological polar surface area (TPSA) is 39.2 Å². The molecule has 0 unspecified atom stereocenters. The molecular weight excluding hydrogens is 210 g/mol. The molecule has 1 aromatic rings. The number of hydrogen-bond donors (Lipinski definition) is 0. The van der Waals surface area contributed by atoms with Gasteiger partial charge in [-0.25, -0.2) is 4.98 Å². The van der Waals surface area contributed by atoms with Crippen molar-refractivity contribution in [3.8, 4) is 0 Å². The maximum Gasteiger partial charge on any atom is 0.161 e. The van der Waals surface area contributed by atoms with Gasteiger partial charge in [0.1, 0.15) is 0 Å². The maximum atomic E-state index is 11.0. The summed E-state index contributed by atoms with van der Waals surface area (Å²) in [7, 11) is 1.70. The summed E-state index contributed by atoms with van der Waals surface area (Å²) in [5.74, 6) is 1.04. The fourth-order valence-electron chi connectivity index (χ4n) is 1.05. The van der Waals surface area contributed by atoms with E-state index >= 15 is 0 Å². The van der Waals surface area contributed by atoms with Gasteiger partial charge >= 0.3 is 0 Å². The molecule has 3 nitrogen and oxygen atoms in total. The minimum atomic E-state index is 0.0541. The highest BCUT2D eigenvalue weighted by atomic mass is 32.2. The van der Waals surface area contributed by atoms with E-state index in [4.69, 9.17) is 4.74 Å². The number of methoxy groups -OCH3 is 1. The molecular formula is C11H15NO2S. The van der Waals surface area contributed by atoms with Crippen molar-refractivity contribution in [1.82, 2.24) is 4.98 Å². The molecule has 0 atom stereocenters. The number of pyridine rings is 1. The van der Waals surface area contributed by atoms with E-state index in [2.05, 4.69) is 4.98 Å². The highest BCUT2D eigenvalue weighted by Crippen LogP contribution is 2.16. The quantitative estimate of drug-likeness (QED) is 0.423. The van der Waals surface area contributed by atoms with Crippen molar-refractivity contribution in [1.29, 1.82) is 0 Å². The number of aromatic nitrogens is 1. The Hall–Kier alpha value is -0.870. The van der Waals surface area contributed by atoms with Crippen LogP contribution in [0.25, 0.3) is 0 Å². The van der Waals surface area contributed by atoms with Crippen LogP contribution in [0.3, 0.4) is 0 Å². The van der Waals surface area contributed by atoms with E-state index in [1.165, 1.54) is 0 Å². The van der Waals surface area contributed by atoms with Crippen LogP contribution in [0.5, 0.6) is 0 Å². The Labute approximate surface area is 94.2 Å². The molecule has 0 aliphatic rings. The summed E-state index contributed by atoms with van der Waals surface area (Å²) >= 11 is 1.68. The largest absolute Gasteiger partial charge is 0.385 e. The molecule has 0 fully saturated rings. The molecule has 82 valence electrons. The lowest BCUT2D eigenvalue weighted by Crippen LogP contribution is -1.94. The van der Waals surface area contributed by atoms with Gasteiger partial charge in [-0.3, -0.25) is 4.79 Å². The number of hydrogen-bond acceptors (Lipinski definition) is 4. The van der Waals surface area contributed by atoms with Gasteiger partial charge < -0.3 is 4.74 Å². The molecule has 0 aliphatic carbocycles. The number of nitrogens with zero attached hydrogens (tertiary/aromatic N) is 1. The predicted molar refractivity (Wildman–Crippen MR) is 61.5 cm³/mol. The van der Waals surface area contributed by atoms with E-state index in [0.29, 0.717) is 5.56 Å². The second kappa shape index (κ2) is 6.58. The number of carbonyl (C=O) groups excluding carboxylic acids is 1. The van der Waals surface area contributed by atoms with E-state index < -0.39 is 0 Å². The zero-order chi connectivity index (χ0) is 11.1. The van der Waals surface area contributed by atoms with E-state index in [1.807, 2.05) is 12.1 Å². The van der Waals surface area contributed by atoms with Gasteiger partial charge in [-0.2, -0.15) is 0 Å². The highest BCUT2D eigenvalue weighted by molar-refractivity contribution is 7.99. The van der Waals surface area contributed by atoms with Crippen LogP contribution < -0.4 is 0 Å². The molecule has 0 aromatic carbocycles. The first kappa shape index (κ1) is 12.2. The molecule has 0 radical (unpaired) electrons. The van der Waals surface area contributed by atoms with Gasteiger partial charge in [0.15, 0.2) is 5.78 Å². The van der Waals surface area contributed by atoms with Crippen LogP contribution in [0.4, 0.5) is 0 Å². The first-order chi connectivity index (χ1) is 7.24. The van der Waals surface area contributed by atoms with Crippen molar-refractivity contribution in [2.45, 2.75) is 18.4 Å². The predicted octanol–water partition coefficient (Wildman–Crippen LogP) is 2.41. The Morgan fingerprint density at radius 2 is 2.33 bits per heavy atom. The molecule has 0 amide bonds. The average molecular weight is 225 g/mol. The van der Waals surface area contributed by atoms with Crippen LogP contribution in [0.2, 0.25) is 0 Å². The second-order valence-electron chi connectivity index (χ2n) is 3.14. The van der Waals surface area contributed by atoms with E-state index in [0.717, 1.165) is 23.8 Å². The summed E-state index contributed by atoms with van der Waals surface area (Å²) in [6, 6.07) is 3.70. The monoisotopic (exact) mass is 225 g/mol. The Morgan fingerprint density at radius 3 is 2.87 bits per heavy atom. The number of ether oxygens (including phenoxy) is 1. The summed E-state index contributed by atoms with van der Waals surface area (Å²) in [5.41, 5.74) is 0.663. The average Bonchev–Trinajstić information content (AvgIpc) is 2.25. The Bertz CT molecular complexity index is 311.